The predicted octanol–water partition coefficient (Wildman–Crippen LogP) is 2.80. The summed E-state index contributed by atoms with van der Waals surface area (Å²) in [4.78, 5) is 13.3. The second-order valence-corrected chi connectivity index (χ2v) is 4.58. The van der Waals surface area contributed by atoms with Gasteiger partial charge in [-0.2, -0.15) is 0 Å². The maximum atomic E-state index is 4.44. The van der Waals surface area contributed by atoms with Crippen LogP contribution < -0.4 is 5.32 Å². The van der Waals surface area contributed by atoms with Crippen molar-refractivity contribution in [1.29, 1.82) is 0 Å². The molecule has 0 aliphatic rings. The van der Waals surface area contributed by atoms with Crippen LogP contribution in [0.5, 0.6) is 0 Å². The van der Waals surface area contributed by atoms with Crippen LogP contribution in [0.1, 0.15) is 12.5 Å². The Labute approximate surface area is 117 Å². The van der Waals surface area contributed by atoms with E-state index in [1.807, 2.05) is 36.7 Å². The lowest BCUT2D eigenvalue weighted by atomic mass is 10.1. The number of rotatable bonds is 4. The Morgan fingerprint density at radius 2 is 1.80 bits per heavy atom. The molecule has 1 aromatic carbocycles. The SMILES string of the molecule is CCNCc1cnc(-c2nccc3ccccc23)nc1. The van der Waals surface area contributed by atoms with Crippen LogP contribution in [0, 0.1) is 0 Å². The maximum absolute atomic E-state index is 4.44. The lowest BCUT2D eigenvalue weighted by Gasteiger charge is -2.05. The van der Waals surface area contributed by atoms with Gasteiger partial charge in [0.05, 0.1) is 0 Å². The Bertz CT molecular complexity index is 702. The number of hydrogen-bond acceptors (Lipinski definition) is 4. The molecule has 3 aromatic rings. The molecule has 0 unspecified atom stereocenters. The Balaban J connectivity index is 1.98. The summed E-state index contributed by atoms with van der Waals surface area (Å²) in [5, 5.41) is 5.49. The summed E-state index contributed by atoms with van der Waals surface area (Å²) >= 11 is 0. The molecule has 4 heteroatoms. The number of nitrogens with zero attached hydrogens (tertiary/aromatic N) is 3. The first-order valence-corrected chi connectivity index (χ1v) is 6.74. The Hall–Kier alpha value is -2.33. The Kier molecular flexibility index (Phi) is 3.65. The predicted molar refractivity (Wildman–Crippen MR) is 80.1 cm³/mol. The van der Waals surface area contributed by atoms with E-state index < -0.39 is 0 Å². The summed E-state index contributed by atoms with van der Waals surface area (Å²) in [7, 11) is 0. The molecule has 0 spiro atoms. The standard InChI is InChI=1S/C16H16N4/c1-2-17-9-12-10-19-16(20-11-12)15-14-6-4-3-5-13(14)7-8-18-15/h3-8,10-11,17H,2,9H2,1H3. The molecule has 2 aromatic heterocycles. The van der Waals surface area contributed by atoms with Gasteiger partial charge in [0.1, 0.15) is 5.69 Å². The second kappa shape index (κ2) is 5.75. The molecule has 2 heterocycles. The molecule has 0 atom stereocenters. The van der Waals surface area contributed by atoms with Crippen LogP contribution in [-0.4, -0.2) is 21.5 Å². The molecule has 0 amide bonds. The smallest absolute Gasteiger partial charge is 0.178 e. The number of aromatic nitrogens is 3. The Morgan fingerprint density at radius 1 is 1.00 bits per heavy atom. The highest BCUT2D eigenvalue weighted by molar-refractivity contribution is 5.92. The highest BCUT2D eigenvalue weighted by Crippen LogP contribution is 2.23. The van der Waals surface area contributed by atoms with Crippen molar-refractivity contribution in [2.24, 2.45) is 0 Å². The molecule has 20 heavy (non-hydrogen) atoms. The number of nitrogens with one attached hydrogen (secondary N) is 1. The first-order chi connectivity index (χ1) is 9.88. The van der Waals surface area contributed by atoms with Gasteiger partial charge in [0.15, 0.2) is 5.82 Å². The number of benzene rings is 1. The molecule has 0 radical (unpaired) electrons. The van der Waals surface area contributed by atoms with Crippen LogP contribution in [0.15, 0.2) is 48.9 Å². The summed E-state index contributed by atoms with van der Waals surface area (Å²) in [5.74, 6) is 0.669. The molecule has 0 fully saturated rings. The van der Waals surface area contributed by atoms with Gasteiger partial charge < -0.3 is 5.32 Å². The van der Waals surface area contributed by atoms with E-state index in [0.29, 0.717) is 5.82 Å². The van der Waals surface area contributed by atoms with Crippen LogP contribution >= 0.6 is 0 Å². The normalized spacial score (nSPS) is 10.8. The summed E-state index contributed by atoms with van der Waals surface area (Å²) in [6, 6.07) is 10.1. The number of hydrogen-bond donors (Lipinski definition) is 1. The quantitative estimate of drug-likeness (QED) is 0.787. The van der Waals surface area contributed by atoms with Crippen LogP contribution in [0.4, 0.5) is 0 Å². The van der Waals surface area contributed by atoms with Gasteiger partial charge in [-0.25, -0.2) is 9.97 Å². The topological polar surface area (TPSA) is 50.7 Å². The van der Waals surface area contributed by atoms with Crippen LogP contribution in [-0.2, 0) is 6.54 Å². The molecule has 0 aliphatic carbocycles. The Morgan fingerprint density at radius 3 is 2.60 bits per heavy atom. The summed E-state index contributed by atoms with van der Waals surface area (Å²) in [6.45, 7) is 3.81. The van der Waals surface area contributed by atoms with Crippen molar-refractivity contribution in [3.05, 3.63) is 54.5 Å². The van der Waals surface area contributed by atoms with Crippen molar-refractivity contribution in [2.75, 3.05) is 6.54 Å². The van der Waals surface area contributed by atoms with Crippen molar-refractivity contribution in [3.8, 4) is 11.5 Å². The average molecular weight is 264 g/mol. The van der Waals surface area contributed by atoms with Gasteiger partial charge >= 0.3 is 0 Å². The zero-order valence-electron chi connectivity index (χ0n) is 11.4. The molecule has 0 saturated carbocycles. The number of pyridine rings is 1. The highest BCUT2D eigenvalue weighted by atomic mass is 14.9. The molecule has 100 valence electrons. The minimum atomic E-state index is 0.669. The van der Waals surface area contributed by atoms with Crippen LogP contribution in [0.3, 0.4) is 0 Å². The largest absolute Gasteiger partial charge is 0.313 e. The van der Waals surface area contributed by atoms with Crippen molar-refractivity contribution in [3.63, 3.8) is 0 Å². The summed E-state index contributed by atoms with van der Waals surface area (Å²) < 4.78 is 0. The van der Waals surface area contributed by atoms with E-state index in [-0.39, 0.29) is 0 Å². The van der Waals surface area contributed by atoms with Gasteiger partial charge in [-0.15, -0.1) is 0 Å². The molecular formula is C16H16N4. The van der Waals surface area contributed by atoms with Crippen LogP contribution in [0.25, 0.3) is 22.3 Å². The van der Waals surface area contributed by atoms with Gasteiger partial charge in [-0.05, 0) is 18.0 Å². The first kappa shape index (κ1) is 12.7. The maximum Gasteiger partial charge on any atom is 0.178 e. The van der Waals surface area contributed by atoms with Gasteiger partial charge in [0.2, 0.25) is 0 Å². The van der Waals surface area contributed by atoms with E-state index in [9.17, 15) is 0 Å². The summed E-state index contributed by atoms with van der Waals surface area (Å²) in [6.07, 6.45) is 5.51. The fraction of sp³-hybridized carbons (Fsp3) is 0.188. The van der Waals surface area contributed by atoms with Gasteiger partial charge in [-0.1, -0.05) is 31.2 Å². The minimum Gasteiger partial charge on any atom is -0.313 e. The van der Waals surface area contributed by atoms with E-state index in [4.69, 9.17) is 0 Å². The molecule has 0 saturated heterocycles. The lowest BCUT2D eigenvalue weighted by Crippen LogP contribution is -2.12. The van der Waals surface area contributed by atoms with Gasteiger partial charge in [0, 0.05) is 36.1 Å². The zero-order valence-corrected chi connectivity index (χ0v) is 11.4. The molecule has 0 bridgehead atoms. The molecule has 3 rings (SSSR count). The van der Waals surface area contributed by atoms with Crippen molar-refractivity contribution in [1.82, 2.24) is 20.3 Å². The first-order valence-electron chi connectivity index (χ1n) is 6.74. The minimum absolute atomic E-state index is 0.669. The third-order valence-electron chi connectivity index (χ3n) is 3.17. The number of fused-ring (bicyclic) bond motifs is 1. The fourth-order valence-electron chi connectivity index (χ4n) is 2.14. The van der Waals surface area contributed by atoms with Crippen molar-refractivity contribution in [2.45, 2.75) is 13.5 Å². The monoisotopic (exact) mass is 264 g/mol. The second-order valence-electron chi connectivity index (χ2n) is 4.58. The van der Waals surface area contributed by atoms with Crippen LogP contribution in [0.2, 0.25) is 0 Å². The summed E-state index contributed by atoms with van der Waals surface area (Å²) in [5.41, 5.74) is 1.91. The van der Waals surface area contributed by atoms with E-state index in [2.05, 4.69) is 33.3 Å². The highest BCUT2D eigenvalue weighted by Gasteiger charge is 2.07. The van der Waals surface area contributed by atoms with Gasteiger partial charge in [0.25, 0.3) is 0 Å². The molecular weight excluding hydrogens is 248 g/mol. The van der Waals surface area contributed by atoms with Crippen molar-refractivity contribution >= 4 is 10.8 Å². The van der Waals surface area contributed by atoms with Gasteiger partial charge in [-0.3, -0.25) is 4.98 Å². The fourth-order valence-corrected chi connectivity index (χ4v) is 2.14. The molecule has 4 nitrogen and oxygen atoms in total. The zero-order chi connectivity index (χ0) is 13.8. The van der Waals surface area contributed by atoms with E-state index in [1.54, 1.807) is 6.20 Å². The molecule has 1 N–H and O–H groups in total. The van der Waals surface area contributed by atoms with E-state index >= 15 is 0 Å². The molecule has 0 aliphatic heterocycles. The van der Waals surface area contributed by atoms with E-state index in [1.165, 1.54) is 0 Å². The van der Waals surface area contributed by atoms with E-state index in [0.717, 1.165) is 35.1 Å². The third kappa shape index (κ3) is 2.51. The third-order valence-corrected chi connectivity index (χ3v) is 3.17. The lowest BCUT2D eigenvalue weighted by molar-refractivity contribution is 0.721. The van der Waals surface area contributed by atoms with Crippen molar-refractivity contribution < 1.29 is 0 Å². The average Bonchev–Trinajstić information content (AvgIpc) is 2.53.